The molecule has 1 aromatic carbocycles. The van der Waals surface area contributed by atoms with Crippen molar-refractivity contribution in [3.63, 3.8) is 0 Å². The first-order valence-electron chi connectivity index (χ1n) is 8.40. The van der Waals surface area contributed by atoms with E-state index in [-0.39, 0.29) is 24.0 Å². The zero-order valence-electron chi connectivity index (χ0n) is 14.5. The Bertz CT molecular complexity index is 743. The van der Waals surface area contributed by atoms with Crippen LogP contribution in [0.25, 0.3) is 0 Å². The maximum Gasteiger partial charge on any atom is 0.312 e. The van der Waals surface area contributed by atoms with E-state index in [0.717, 1.165) is 11.3 Å². The predicted molar refractivity (Wildman–Crippen MR) is 88.9 cm³/mol. The number of esters is 1. The summed E-state index contributed by atoms with van der Waals surface area (Å²) >= 11 is 0. The van der Waals surface area contributed by atoms with E-state index in [9.17, 15) is 9.59 Å². The molecule has 1 amide bonds. The Labute approximate surface area is 146 Å². The number of methoxy groups -OCH3 is 2. The van der Waals surface area contributed by atoms with E-state index in [2.05, 4.69) is 0 Å². The van der Waals surface area contributed by atoms with Crippen LogP contribution in [0.15, 0.2) is 36.4 Å². The van der Waals surface area contributed by atoms with Gasteiger partial charge in [0.05, 0.1) is 38.8 Å². The Morgan fingerprint density at radius 1 is 1.32 bits per heavy atom. The Hall–Kier alpha value is -2.34. The number of fused-ring (bicyclic) bond motifs is 1. The van der Waals surface area contributed by atoms with Crippen LogP contribution in [0.1, 0.15) is 18.5 Å². The van der Waals surface area contributed by atoms with E-state index in [1.165, 1.54) is 7.11 Å². The fourth-order valence-corrected chi connectivity index (χ4v) is 4.32. The van der Waals surface area contributed by atoms with Crippen molar-refractivity contribution in [2.45, 2.75) is 24.7 Å². The molecule has 6 heteroatoms. The Morgan fingerprint density at radius 3 is 2.68 bits per heavy atom. The highest BCUT2D eigenvalue weighted by molar-refractivity contribution is 5.91. The fraction of sp³-hybridized carbons (Fsp3) is 0.474. The van der Waals surface area contributed by atoms with Crippen LogP contribution in [0.5, 0.6) is 5.75 Å². The molecule has 0 saturated carbocycles. The second kappa shape index (κ2) is 5.59. The van der Waals surface area contributed by atoms with Crippen LogP contribution >= 0.6 is 0 Å². The third kappa shape index (κ3) is 2.20. The number of hydrogen-bond acceptors (Lipinski definition) is 5. The quantitative estimate of drug-likeness (QED) is 0.615. The van der Waals surface area contributed by atoms with E-state index < -0.39 is 17.4 Å². The molecule has 0 N–H and O–H groups in total. The highest BCUT2D eigenvalue weighted by atomic mass is 16.5. The highest BCUT2D eigenvalue weighted by Crippen LogP contribution is 2.53. The standard InChI is InChI=1S/C19H21NO5/c1-11(12-4-6-13(23-2)7-5-12)20-10-19-9-8-14(25-19)15(18(22)24-3)16(19)17(20)21/h4-9,11,14-16H,10H2,1-3H3/t11-,14+,15+,16+,19-/m0/s1. The normalized spacial score (nSPS) is 33.5. The van der Waals surface area contributed by atoms with Gasteiger partial charge in [-0.3, -0.25) is 9.59 Å². The molecule has 0 aliphatic carbocycles. The minimum absolute atomic E-state index is 0.0504. The number of rotatable bonds is 4. The summed E-state index contributed by atoms with van der Waals surface area (Å²) in [6, 6.07) is 7.55. The second-order valence-corrected chi connectivity index (χ2v) is 6.84. The van der Waals surface area contributed by atoms with Crippen molar-refractivity contribution >= 4 is 11.9 Å². The van der Waals surface area contributed by atoms with E-state index >= 15 is 0 Å². The van der Waals surface area contributed by atoms with Crippen LogP contribution in [0.2, 0.25) is 0 Å². The number of likely N-dealkylation sites (tertiary alicyclic amines) is 1. The van der Waals surface area contributed by atoms with Crippen molar-refractivity contribution in [1.82, 2.24) is 4.90 Å². The maximum atomic E-state index is 13.1. The van der Waals surface area contributed by atoms with Gasteiger partial charge in [0.15, 0.2) is 0 Å². The summed E-state index contributed by atoms with van der Waals surface area (Å²) in [4.78, 5) is 27.1. The average Bonchev–Trinajstić information content (AvgIpc) is 3.29. The van der Waals surface area contributed by atoms with Crippen LogP contribution in [0.4, 0.5) is 0 Å². The lowest BCUT2D eigenvalue weighted by Crippen LogP contribution is -2.39. The Kier molecular flexibility index (Phi) is 3.61. The molecule has 2 saturated heterocycles. The summed E-state index contributed by atoms with van der Waals surface area (Å²) in [6.07, 6.45) is 3.47. The van der Waals surface area contributed by atoms with Crippen molar-refractivity contribution in [3.05, 3.63) is 42.0 Å². The minimum atomic E-state index is -0.707. The van der Waals surface area contributed by atoms with Gasteiger partial charge in [-0.1, -0.05) is 24.3 Å². The topological polar surface area (TPSA) is 65.1 Å². The van der Waals surface area contributed by atoms with Gasteiger partial charge in [0, 0.05) is 0 Å². The van der Waals surface area contributed by atoms with Crippen LogP contribution in [-0.2, 0) is 19.1 Å². The third-order valence-corrected chi connectivity index (χ3v) is 5.67. The number of ether oxygens (including phenoxy) is 3. The zero-order valence-corrected chi connectivity index (χ0v) is 14.5. The van der Waals surface area contributed by atoms with Gasteiger partial charge < -0.3 is 19.1 Å². The largest absolute Gasteiger partial charge is 0.497 e. The fourth-order valence-electron chi connectivity index (χ4n) is 4.32. The molecule has 0 unspecified atom stereocenters. The van der Waals surface area contributed by atoms with Gasteiger partial charge >= 0.3 is 5.97 Å². The van der Waals surface area contributed by atoms with Crippen molar-refractivity contribution in [1.29, 1.82) is 0 Å². The average molecular weight is 343 g/mol. The second-order valence-electron chi connectivity index (χ2n) is 6.84. The van der Waals surface area contributed by atoms with Crippen LogP contribution in [0, 0.1) is 11.8 Å². The smallest absolute Gasteiger partial charge is 0.312 e. The summed E-state index contributed by atoms with van der Waals surface area (Å²) in [5.41, 5.74) is 0.306. The number of carbonyl (C=O) groups excluding carboxylic acids is 2. The van der Waals surface area contributed by atoms with Gasteiger partial charge in [-0.15, -0.1) is 0 Å². The molecule has 0 aromatic heterocycles. The van der Waals surface area contributed by atoms with Crippen LogP contribution in [-0.4, -0.2) is 49.2 Å². The van der Waals surface area contributed by atoms with Gasteiger partial charge in [-0.05, 0) is 24.6 Å². The molecular weight excluding hydrogens is 322 g/mol. The summed E-state index contributed by atoms with van der Waals surface area (Å²) in [6.45, 7) is 2.44. The molecule has 6 nitrogen and oxygen atoms in total. The number of hydrogen-bond donors (Lipinski definition) is 0. The summed E-state index contributed by atoms with van der Waals surface area (Å²) < 4.78 is 16.1. The predicted octanol–water partition coefficient (Wildman–Crippen LogP) is 1.71. The van der Waals surface area contributed by atoms with Gasteiger partial charge in [0.25, 0.3) is 0 Å². The van der Waals surface area contributed by atoms with Gasteiger partial charge in [-0.25, -0.2) is 0 Å². The molecular formula is C19H21NO5. The van der Waals surface area contributed by atoms with E-state index in [4.69, 9.17) is 14.2 Å². The highest BCUT2D eigenvalue weighted by Gasteiger charge is 2.67. The van der Waals surface area contributed by atoms with Crippen LogP contribution in [0.3, 0.4) is 0 Å². The summed E-state index contributed by atoms with van der Waals surface area (Å²) in [5.74, 6) is -0.722. The number of nitrogens with zero attached hydrogens (tertiary/aromatic N) is 1. The lowest BCUT2D eigenvalue weighted by atomic mass is 9.77. The van der Waals surface area contributed by atoms with Gasteiger partial charge in [-0.2, -0.15) is 0 Å². The molecule has 0 radical (unpaired) electrons. The molecule has 3 aliphatic heterocycles. The molecule has 132 valence electrons. The van der Waals surface area contributed by atoms with Crippen molar-refractivity contribution in [2.24, 2.45) is 11.8 Å². The SMILES string of the molecule is COC(=O)[C@@H]1[C@H]2C=C[C@@]3(CN([C@@H](C)c4ccc(OC)cc4)C(=O)[C@@H]13)O2. The molecule has 25 heavy (non-hydrogen) atoms. The maximum absolute atomic E-state index is 13.1. The first-order chi connectivity index (χ1) is 12.0. The van der Waals surface area contributed by atoms with E-state index in [0.29, 0.717) is 6.54 Å². The molecule has 5 atom stereocenters. The summed E-state index contributed by atoms with van der Waals surface area (Å²) in [7, 11) is 2.97. The molecule has 2 fully saturated rings. The first-order valence-corrected chi connectivity index (χ1v) is 8.40. The summed E-state index contributed by atoms with van der Waals surface area (Å²) in [5, 5.41) is 0. The molecule has 3 heterocycles. The molecule has 1 spiro atoms. The van der Waals surface area contributed by atoms with Crippen molar-refractivity contribution in [2.75, 3.05) is 20.8 Å². The minimum Gasteiger partial charge on any atom is -0.497 e. The number of benzene rings is 1. The lowest BCUT2D eigenvalue weighted by molar-refractivity contribution is -0.151. The lowest BCUT2D eigenvalue weighted by Gasteiger charge is -2.27. The molecule has 1 aromatic rings. The number of carbonyl (C=O) groups is 2. The monoisotopic (exact) mass is 343 g/mol. The van der Waals surface area contributed by atoms with Gasteiger partial charge in [0.2, 0.25) is 5.91 Å². The van der Waals surface area contributed by atoms with Crippen molar-refractivity contribution < 1.29 is 23.8 Å². The van der Waals surface area contributed by atoms with Crippen molar-refractivity contribution in [3.8, 4) is 5.75 Å². The molecule has 3 aliphatic rings. The number of amides is 1. The third-order valence-electron chi connectivity index (χ3n) is 5.67. The zero-order chi connectivity index (χ0) is 17.8. The Morgan fingerprint density at radius 2 is 2.04 bits per heavy atom. The molecule has 2 bridgehead atoms. The van der Waals surface area contributed by atoms with E-state index in [1.54, 1.807) is 12.0 Å². The van der Waals surface area contributed by atoms with Crippen LogP contribution < -0.4 is 4.74 Å². The Balaban J connectivity index is 1.62. The molecule has 4 rings (SSSR count). The van der Waals surface area contributed by atoms with E-state index in [1.807, 2.05) is 43.3 Å². The first kappa shape index (κ1) is 16.1. The van der Waals surface area contributed by atoms with Gasteiger partial charge in [0.1, 0.15) is 17.3 Å².